The van der Waals surface area contributed by atoms with Crippen LogP contribution in [0.25, 0.3) is 21.9 Å². The first kappa shape index (κ1) is 52.8. The fourth-order valence-corrected chi connectivity index (χ4v) is 5.14. The molecule has 0 radical (unpaired) electrons. The van der Waals surface area contributed by atoms with Crippen LogP contribution in [0.5, 0.6) is 17.2 Å². The Morgan fingerprint density at radius 1 is 1.07 bits per heavy atom. The molecule has 3 N–H and O–H groups in total. The maximum absolute atomic E-state index is 12.6. The minimum atomic E-state index is -0.467. The number of aliphatic imine (C=N–C) groups is 2. The minimum absolute atomic E-state index is 0. The molecule has 2 heterocycles. The number of ether oxygens (including phenoxy) is 3. The van der Waals surface area contributed by atoms with Crippen molar-refractivity contribution in [3.63, 3.8) is 0 Å². The number of hydrogen-bond donors (Lipinski definition) is 2. The van der Waals surface area contributed by atoms with Crippen molar-refractivity contribution < 1.29 is 75.6 Å². The van der Waals surface area contributed by atoms with Crippen LogP contribution in [0.3, 0.4) is 0 Å². The predicted octanol–water partition coefficient (Wildman–Crippen LogP) is -2.27. The number of benzene rings is 2. The number of amides is 1. The molecule has 0 spiro atoms. The second kappa shape index (κ2) is 28.3. The molecule has 1 amide bonds. The third-order valence-electron chi connectivity index (χ3n) is 7.21. The molecule has 4 rings (SSSR count). The van der Waals surface area contributed by atoms with E-state index in [0.29, 0.717) is 46.1 Å². The quantitative estimate of drug-likeness (QED) is 0.01000. The van der Waals surface area contributed by atoms with Gasteiger partial charge in [0.2, 0.25) is 0 Å². The Morgan fingerprint density at radius 2 is 1.75 bits per heavy atom. The Bertz CT molecular complexity index is 2310. The summed E-state index contributed by atoms with van der Waals surface area (Å²) in [7, 11) is 0. The molecule has 4 aromatic rings. The van der Waals surface area contributed by atoms with Crippen molar-refractivity contribution >= 4 is 70.5 Å². The van der Waals surface area contributed by atoms with Crippen molar-refractivity contribution in [2.45, 2.75) is 20.3 Å². The van der Waals surface area contributed by atoms with Gasteiger partial charge in [-0.15, -0.1) is 30.7 Å². The van der Waals surface area contributed by atoms with E-state index in [0.717, 1.165) is 16.8 Å². The average Bonchev–Trinajstić information content (AvgIpc) is 3.20. The molecule has 2 aromatic heterocycles. The largest absolute Gasteiger partial charge is 1.00 e. The third kappa shape index (κ3) is 17.1. The fourth-order valence-electron chi connectivity index (χ4n) is 4.45. The van der Waals surface area contributed by atoms with E-state index in [-0.39, 0.29) is 99.4 Å². The van der Waals surface area contributed by atoms with Gasteiger partial charge in [0.15, 0.2) is 0 Å². The molecule has 0 saturated carbocycles. The molecular formula is C42H35Li3N10O4S-6. The zero-order chi connectivity index (χ0) is 41.0. The number of nitrogen functional groups attached to an aromatic ring is 1. The van der Waals surface area contributed by atoms with E-state index in [2.05, 4.69) is 67.6 Å². The summed E-state index contributed by atoms with van der Waals surface area (Å²) in [5.74, 6) is 8.77. The normalized spacial score (nSPS) is 10.9. The van der Waals surface area contributed by atoms with Crippen LogP contribution in [0.4, 0.5) is 17.2 Å². The number of aryl methyl sites for hydroxylation is 2. The van der Waals surface area contributed by atoms with Crippen LogP contribution in [0.1, 0.15) is 17.5 Å². The zero-order valence-electron chi connectivity index (χ0n) is 34.0. The second-order valence-electron chi connectivity index (χ2n) is 11.3. The average molecular weight is 797 g/mol. The third-order valence-corrected chi connectivity index (χ3v) is 8.04. The Morgan fingerprint density at radius 3 is 2.40 bits per heavy atom. The maximum Gasteiger partial charge on any atom is 1.00 e. The first-order chi connectivity index (χ1) is 27.6. The Hall–Kier alpha value is -5.26. The van der Waals surface area contributed by atoms with Gasteiger partial charge in [-0.1, -0.05) is 0 Å². The number of thioether (sulfide) groups is 1. The predicted molar refractivity (Wildman–Crippen MR) is 226 cm³/mol. The van der Waals surface area contributed by atoms with Crippen LogP contribution >= 0.6 is 11.8 Å². The van der Waals surface area contributed by atoms with Crippen LogP contribution < -0.4 is 81.8 Å². The molecule has 18 heteroatoms. The number of nitrogens with two attached hydrogens (primary N) is 1. The fraction of sp³-hybridized carbons (Fsp3) is 0.143. The van der Waals surface area contributed by atoms with E-state index < -0.39 is 5.91 Å². The zero-order valence-corrected chi connectivity index (χ0v) is 34.8. The van der Waals surface area contributed by atoms with E-state index in [9.17, 15) is 10.2 Å². The van der Waals surface area contributed by atoms with Gasteiger partial charge in [0.25, 0.3) is 5.91 Å². The molecule has 0 saturated heterocycles. The van der Waals surface area contributed by atoms with E-state index in [1.54, 1.807) is 42.2 Å². The molecule has 0 aliphatic heterocycles. The second-order valence-corrected chi connectivity index (χ2v) is 12.2. The van der Waals surface area contributed by atoms with E-state index in [4.69, 9.17) is 38.5 Å². The monoisotopic (exact) mass is 796 g/mol. The number of fused-ring (bicyclic) bond motifs is 1. The number of hydrogen-bond acceptors (Lipinski definition) is 10. The van der Waals surface area contributed by atoms with Crippen molar-refractivity contribution in [1.29, 1.82) is 0 Å². The van der Waals surface area contributed by atoms with Gasteiger partial charge >= 0.3 is 56.6 Å². The van der Waals surface area contributed by atoms with Gasteiger partial charge in [-0.25, -0.2) is 29.5 Å². The molecule has 0 fully saturated rings. The summed E-state index contributed by atoms with van der Waals surface area (Å²) in [6, 6.07) is 12.3. The van der Waals surface area contributed by atoms with Crippen molar-refractivity contribution in [3.8, 4) is 29.1 Å². The number of nitrogens with zero attached hydrogens (tertiary/aromatic N) is 8. The van der Waals surface area contributed by atoms with Crippen molar-refractivity contribution in [1.82, 2.24) is 19.9 Å². The van der Waals surface area contributed by atoms with Crippen LogP contribution in [0, 0.1) is 57.7 Å². The summed E-state index contributed by atoms with van der Waals surface area (Å²) in [5, 5.41) is 22.0. The van der Waals surface area contributed by atoms with E-state index in [1.165, 1.54) is 47.3 Å². The molecule has 0 aliphatic carbocycles. The first-order valence-electron chi connectivity index (χ1n) is 16.8. The van der Waals surface area contributed by atoms with Crippen molar-refractivity contribution in [2.24, 2.45) is 9.98 Å². The maximum atomic E-state index is 12.6. The standard InChI is InChI=1S/C42H35N10O4S.3Li/c1-6-33(16-18-46-26-43)55-38-15-13-32(23-30(38)5)51-42-41-36(49-27-50-42)24-35(25-48-41)54-20-21-57-28-52(8-3)40(53)11-9-10-39(45)47-19-17-34(7-2)56-37-14-12-31(44)22-29(37)4;;;/h1-2,6-7,12-17,21-24,26-27H,3,8,10,20,28,44H2,4-5H3,(H,49,50,51);;;/q-9;3*+1/b33-16+,34-17+;;;. The van der Waals surface area contributed by atoms with Crippen LogP contribution in [-0.4, -0.2) is 69.4 Å². The van der Waals surface area contributed by atoms with Crippen molar-refractivity contribution in [2.75, 3.05) is 30.1 Å². The topological polar surface area (TPSA) is 194 Å². The summed E-state index contributed by atoms with van der Waals surface area (Å²) in [4.78, 5) is 34.3. The molecule has 0 aliphatic rings. The van der Waals surface area contributed by atoms with Crippen molar-refractivity contribution in [3.05, 3.63) is 139 Å². The number of allylic oxidation sites excluding steroid dienone is 4. The van der Waals surface area contributed by atoms with Gasteiger partial charge < -0.3 is 74.6 Å². The number of rotatable bonds is 19. The van der Waals surface area contributed by atoms with E-state index >= 15 is 0 Å². The summed E-state index contributed by atoms with van der Waals surface area (Å²) in [6.45, 7) is 19.1. The number of pyridine rings is 1. The number of carbonyl (C=O) groups excluding carboxylic acids is 1. The number of anilines is 3. The minimum Gasteiger partial charge on any atom is -0.577 e. The summed E-state index contributed by atoms with van der Waals surface area (Å²) >= 11 is 1.33. The first-order valence-corrected chi connectivity index (χ1v) is 17.9. The smallest absolute Gasteiger partial charge is 0.577 e. The van der Waals surface area contributed by atoms with E-state index in [1.807, 2.05) is 19.9 Å². The molecule has 60 heavy (non-hydrogen) atoms. The molecule has 14 nitrogen and oxygen atoms in total. The summed E-state index contributed by atoms with van der Waals surface area (Å²) < 4.78 is 17.3. The Kier molecular flexibility index (Phi) is 24.8. The molecule has 0 bridgehead atoms. The van der Waals surface area contributed by atoms with Gasteiger partial charge in [0.1, 0.15) is 23.6 Å². The summed E-state index contributed by atoms with van der Waals surface area (Å²) in [6.07, 6.45) is 14.9. The molecular weight excluding hydrogens is 761 g/mol. The van der Waals surface area contributed by atoms with Gasteiger partial charge in [0.05, 0.1) is 0 Å². The number of nitrogens with one attached hydrogen (secondary N) is 1. The molecule has 2 aromatic carbocycles. The molecule has 0 atom stereocenters. The van der Waals surface area contributed by atoms with Gasteiger partial charge in [0, 0.05) is 40.0 Å². The molecule has 292 valence electrons. The number of amidine groups is 1. The molecule has 0 unspecified atom stereocenters. The van der Waals surface area contributed by atoms with Crippen LogP contribution in [-0.2, 0) is 4.79 Å². The Labute approximate surface area is 391 Å². The van der Waals surface area contributed by atoms with Gasteiger partial charge in [-0.05, 0) is 92.0 Å². The van der Waals surface area contributed by atoms with Gasteiger partial charge in [-0.3, -0.25) is 22.9 Å². The Balaban J connectivity index is 0.00000600. The summed E-state index contributed by atoms with van der Waals surface area (Å²) in [5.41, 5.74) is 9.72. The number of carbonyl (C=O) groups is 1. The number of aromatic nitrogens is 3. The van der Waals surface area contributed by atoms with Gasteiger partial charge in [-0.2, -0.15) is 18.0 Å². The van der Waals surface area contributed by atoms with Crippen LogP contribution in [0.15, 0.2) is 94.6 Å². The SMILES string of the molecule is [CH-]=C/C(=C\[C-]=NC(=[N-])CC#CC(=O)N(C[CH2-])CS[CH-]COc1[c-]nc2c(Nc3ccc(O/C(C=[CH-])=C/[C-]=NC=[N-])c(C)c3)ncnc2c1)Oc1ccc(N)cc1C.[Li+].[Li+].[Li+]. The van der Waals surface area contributed by atoms with Crippen LogP contribution in [0.2, 0.25) is 0 Å².